The second-order valence-corrected chi connectivity index (χ2v) is 3.38. The fourth-order valence-electron chi connectivity index (χ4n) is 1.28. The number of nitrogens with zero attached hydrogens (tertiary/aromatic N) is 1. The van der Waals surface area contributed by atoms with Crippen molar-refractivity contribution in [2.45, 2.75) is 25.9 Å². The quantitative estimate of drug-likeness (QED) is 0.790. The van der Waals surface area contributed by atoms with E-state index in [0.717, 1.165) is 18.7 Å². The van der Waals surface area contributed by atoms with Crippen molar-refractivity contribution in [3.8, 4) is 0 Å². The van der Waals surface area contributed by atoms with Gasteiger partial charge in [-0.3, -0.25) is 4.79 Å². The Morgan fingerprint density at radius 2 is 2.53 bits per heavy atom. The van der Waals surface area contributed by atoms with Gasteiger partial charge in [0.2, 0.25) is 11.8 Å². The van der Waals surface area contributed by atoms with E-state index in [1.807, 2.05) is 6.92 Å². The highest BCUT2D eigenvalue weighted by atomic mass is 35.5. The lowest BCUT2D eigenvalue weighted by atomic mass is 10.1. The van der Waals surface area contributed by atoms with Crippen LogP contribution in [0.2, 0.25) is 0 Å². The van der Waals surface area contributed by atoms with Crippen LogP contribution in [0, 0.1) is 6.92 Å². The first kappa shape index (κ1) is 12.0. The van der Waals surface area contributed by atoms with Crippen molar-refractivity contribution in [2.75, 3.05) is 6.54 Å². The number of nitrogens with one attached hydrogen (secondary N) is 2. The second kappa shape index (κ2) is 5.14. The summed E-state index contributed by atoms with van der Waals surface area (Å²) in [6, 6.07) is -0.0222. The van der Waals surface area contributed by atoms with Crippen LogP contribution in [0.25, 0.3) is 0 Å². The Kier molecular flexibility index (Phi) is 4.11. The lowest BCUT2D eigenvalue weighted by molar-refractivity contribution is -0.125. The minimum atomic E-state index is -0.0222. The molecule has 2 heterocycles. The first-order valence-electron chi connectivity index (χ1n) is 4.68. The number of hydrogen-bond donors (Lipinski definition) is 2. The molecule has 0 aromatic carbocycles. The molecule has 15 heavy (non-hydrogen) atoms. The van der Waals surface area contributed by atoms with Gasteiger partial charge in [0.25, 0.3) is 0 Å². The number of aryl methyl sites for hydroxylation is 1. The first-order chi connectivity index (χ1) is 6.75. The van der Waals surface area contributed by atoms with Gasteiger partial charge in [0.15, 0.2) is 0 Å². The van der Waals surface area contributed by atoms with Crippen molar-refractivity contribution in [2.24, 2.45) is 0 Å². The van der Waals surface area contributed by atoms with Crippen molar-refractivity contribution in [3.05, 3.63) is 17.8 Å². The summed E-state index contributed by atoms with van der Waals surface area (Å²) in [5.41, 5.74) is 0. The number of oxazole rings is 1. The lowest BCUT2D eigenvalue weighted by Crippen LogP contribution is -2.52. The summed E-state index contributed by atoms with van der Waals surface area (Å²) in [4.78, 5) is 15.4. The predicted octanol–water partition coefficient (Wildman–Crippen LogP) is 0.383. The summed E-state index contributed by atoms with van der Waals surface area (Å²) in [5.74, 6) is 1.33. The molecule has 0 bridgehead atoms. The molecule has 1 fully saturated rings. The Labute approximate surface area is 94.0 Å². The molecule has 1 aliphatic rings. The molecule has 1 aromatic rings. The van der Waals surface area contributed by atoms with Crippen LogP contribution in [0.15, 0.2) is 10.6 Å². The molecule has 2 N–H and O–H groups in total. The number of carbonyl (C=O) groups is 1. The summed E-state index contributed by atoms with van der Waals surface area (Å²) >= 11 is 0. The van der Waals surface area contributed by atoms with Crippen LogP contribution in [-0.2, 0) is 11.3 Å². The molecular formula is C9H14ClN3O2. The molecular weight excluding hydrogens is 218 g/mol. The maximum Gasteiger partial charge on any atom is 0.237 e. The van der Waals surface area contributed by atoms with Gasteiger partial charge in [-0.05, 0) is 19.9 Å². The zero-order valence-electron chi connectivity index (χ0n) is 8.45. The summed E-state index contributed by atoms with van der Waals surface area (Å²) in [7, 11) is 0. The predicted molar refractivity (Wildman–Crippen MR) is 56.7 cm³/mol. The Morgan fingerprint density at radius 1 is 1.80 bits per heavy atom. The van der Waals surface area contributed by atoms with E-state index in [0.29, 0.717) is 12.4 Å². The summed E-state index contributed by atoms with van der Waals surface area (Å²) < 4.78 is 5.22. The molecule has 0 spiro atoms. The fraction of sp³-hybridized carbons (Fsp3) is 0.556. The Bertz CT molecular complexity index is 336. The first-order valence-corrected chi connectivity index (χ1v) is 4.68. The third-order valence-corrected chi connectivity index (χ3v) is 2.22. The molecule has 0 aliphatic carbocycles. The van der Waals surface area contributed by atoms with E-state index in [-0.39, 0.29) is 24.4 Å². The molecule has 0 unspecified atom stereocenters. The molecule has 84 valence electrons. The van der Waals surface area contributed by atoms with Crippen molar-refractivity contribution in [3.63, 3.8) is 0 Å². The van der Waals surface area contributed by atoms with E-state index in [4.69, 9.17) is 4.42 Å². The Balaban J connectivity index is 0.00000112. The molecule has 0 saturated carbocycles. The molecule has 1 amide bonds. The SMILES string of the molecule is Cc1cnc(CNC(=O)[C@H]2CCN2)o1.Cl. The number of hydrogen-bond acceptors (Lipinski definition) is 4. The molecule has 6 heteroatoms. The lowest BCUT2D eigenvalue weighted by Gasteiger charge is -2.25. The van der Waals surface area contributed by atoms with E-state index in [9.17, 15) is 4.79 Å². The largest absolute Gasteiger partial charge is 0.444 e. The highest BCUT2D eigenvalue weighted by Crippen LogP contribution is 2.03. The highest BCUT2D eigenvalue weighted by molar-refractivity contribution is 5.85. The fourth-order valence-corrected chi connectivity index (χ4v) is 1.28. The van der Waals surface area contributed by atoms with Gasteiger partial charge in [0.05, 0.1) is 18.8 Å². The Morgan fingerprint density at radius 3 is 3.00 bits per heavy atom. The van der Waals surface area contributed by atoms with Crippen LogP contribution >= 0.6 is 12.4 Å². The van der Waals surface area contributed by atoms with Gasteiger partial charge >= 0.3 is 0 Å². The zero-order chi connectivity index (χ0) is 9.97. The summed E-state index contributed by atoms with van der Waals surface area (Å²) in [6.07, 6.45) is 2.56. The number of aromatic nitrogens is 1. The second-order valence-electron chi connectivity index (χ2n) is 3.38. The number of amides is 1. The van der Waals surface area contributed by atoms with Gasteiger partial charge in [-0.15, -0.1) is 12.4 Å². The van der Waals surface area contributed by atoms with Crippen LogP contribution in [0.4, 0.5) is 0 Å². The minimum Gasteiger partial charge on any atom is -0.444 e. The molecule has 2 rings (SSSR count). The number of rotatable bonds is 3. The van der Waals surface area contributed by atoms with Crippen molar-refractivity contribution in [1.82, 2.24) is 15.6 Å². The van der Waals surface area contributed by atoms with Crippen molar-refractivity contribution in [1.29, 1.82) is 0 Å². The van der Waals surface area contributed by atoms with E-state index < -0.39 is 0 Å². The summed E-state index contributed by atoms with van der Waals surface area (Å²) in [6.45, 7) is 3.12. The molecule has 1 aliphatic heterocycles. The number of carbonyl (C=O) groups excluding carboxylic acids is 1. The van der Waals surface area contributed by atoms with E-state index in [2.05, 4.69) is 15.6 Å². The average Bonchev–Trinajstić information content (AvgIpc) is 2.45. The van der Waals surface area contributed by atoms with E-state index in [1.165, 1.54) is 0 Å². The van der Waals surface area contributed by atoms with Crippen LogP contribution < -0.4 is 10.6 Å². The standard InChI is InChI=1S/C9H13N3O2.ClH/c1-6-4-11-8(14-6)5-12-9(13)7-2-3-10-7;/h4,7,10H,2-3,5H2,1H3,(H,12,13);1H/t7-;/m1./s1. The molecule has 1 atom stereocenters. The third-order valence-electron chi connectivity index (χ3n) is 2.22. The van der Waals surface area contributed by atoms with Gasteiger partial charge in [0.1, 0.15) is 5.76 Å². The van der Waals surface area contributed by atoms with Crippen LogP contribution in [0.5, 0.6) is 0 Å². The average molecular weight is 232 g/mol. The Hall–Kier alpha value is -1.07. The molecule has 5 nitrogen and oxygen atoms in total. The molecule has 0 radical (unpaired) electrons. The van der Waals surface area contributed by atoms with Crippen LogP contribution in [-0.4, -0.2) is 23.5 Å². The monoisotopic (exact) mass is 231 g/mol. The topological polar surface area (TPSA) is 67.2 Å². The van der Waals surface area contributed by atoms with Gasteiger partial charge in [0, 0.05) is 0 Å². The van der Waals surface area contributed by atoms with Crippen LogP contribution in [0.1, 0.15) is 18.1 Å². The van der Waals surface area contributed by atoms with Gasteiger partial charge < -0.3 is 15.1 Å². The van der Waals surface area contributed by atoms with Gasteiger partial charge in [-0.1, -0.05) is 0 Å². The maximum atomic E-state index is 11.4. The smallest absolute Gasteiger partial charge is 0.237 e. The van der Waals surface area contributed by atoms with E-state index >= 15 is 0 Å². The maximum absolute atomic E-state index is 11.4. The highest BCUT2D eigenvalue weighted by Gasteiger charge is 2.24. The molecule has 1 saturated heterocycles. The zero-order valence-corrected chi connectivity index (χ0v) is 9.26. The van der Waals surface area contributed by atoms with Crippen molar-refractivity contribution < 1.29 is 9.21 Å². The van der Waals surface area contributed by atoms with E-state index in [1.54, 1.807) is 6.20 Å². The minimum absolute atomic E-state index is 0. The third kappa shape index (κ3) is 2.94. The normalized spacial score (nSPS) is 18.9. The van der Waals surface area contributed by atoms with Gasteiger partial charge in [-0.2, -0.15) is 0 Å². The number of halogens is 1. The summed E-state index contributed by atoms with van der Waals surface area (Å²) in [5, 5.41) is 5.78. The van der Waals surface area contributed by atoms with Crippen LogP contribution in [0.3, 0.4) is 0 Å². The van der Waals surface area contributed by atoms with Gasteiger partial charge in [-0.25, -0.2) is 4.98 Å². The molecule has 1 aromatic heterocycles. The van der Waals surface area contributed by atoms with Crippen molar-refractivity contribution >= 4 is 18.3 Å².